The van der Waals surface area contributed by atoms with Gasteiger partial charge in [-0.15, -0.1) is 0 Å². The van der Waals surface area contributed by atoms with Crippen LogP contribution in [0.4, 0.5) is 0 Å². The zero-order chi connectivity index (χ0) is 6.69. The lowest BCUT2D eigenvalue weighted by Gasteiger charge is -2.10. The molecule has 1 aliphatic rings. The Labute approximate surface area is 59.2 Å². The van der Waals surface area contributed by atoms with Crippen molar-refractivity contribution in [3.05, 3.63) is 11.6 Å². The van der Waals surface area contributed by atoms with Crippen molar-refractivity contribution in [2.75, 3.05) is 5.75 Å². The summed E-state index contributed by atoms with van der Waals surface area (Å²) in [5, 5.41) is 2.22. The molecule has 9 heavy (non-hydrogen) atoms. The van der Waals surface area contributed by atoms with Crippen LogP contribution < -0.4 is 0 Å². The summed E-state index contributed by atoms with van der Waals surface area (Å²) in [5.41, 5.74) is 2.08. The quantitative estimate of drug-likeness (QED) is 0.569. The molecule has 0 fully saturated rings. The van der Waals surface area contributed by atoms with Crippen molar-refractivity contribution >= 4 is 16.4 Å². The second kappa shape index (κ2) is 3.06. The zero-order valence-electron chi connectivity index (χ0n) is 5.91. The van der Waals surface area contributed by atoms with Crippen molar-refractivity contribution in [2.24, 2.45) is 10.9 Å². The molecule has 1 atom stereocenters. The summed E-state index contributed by atoms with van der Waals surface area (Å²) in [6, 6.07) is 0. The molecule has 1 unspecified atom stereocenters. The topological polar surface area (TPSA) is 12.4 Å². The Morgan fingerprint density at radius 3 is 2.78 bits per heavy atom. The summed E-state index contributed by atoms with van der Waals surface area (Å²) < 4.78 is 0. The van der Waals surface area contributed by atoms with Gasteiger partial charge in [0.05, 0.1) is 0 Å². The van der Waals surface area contributed by atoms with E-state index in [0.717, 1.165) is 5.92 Å². The Kier molecular flexibility index (Phi) is 2.34. The smallest absolute Gasteiger partial charge is 0.0436 e. The van der Waals surface area contributed by atoms with E-state index in [4.69, 9.17) is 0 Å². The lowest BCUT2D eigenvalue weighted by atomic mass is 10.3. The highest BCUT2D eigenvalue weighted by atomic mass is 32.2. The van der Waals surface area contributed by atoms with Crippen LogP contribution in [0.1, 0.15) is 13.8 Å². The molecule has 0 saturated carbocycles. The number of hydrogen-bond donors (Lipinski definition) is 1. The molecule has 52 valence electrons. The number of nitrogens with zero attached hydrogens (tertiary/aromatic N) is 1. The van der Waals surface area contributed by atoms with Crippen LogP contribution in [0.15, 0.2) is 16.6 Å². The van der Waals surface area contributed by atoms with Gasteiger partial charge in [-0.3, -0.25) is 4.99 Å². The fourth-order valence-electron chi connectivity index (χ4n) is 0.816. The van der Waals surface area contributed by atoms with Gasteiger partial charge in [0.25, 0.3) is 0 Å². The predicted molar refractivity (Wildman–Crippen MR) is 46.3 cm³/mol. The molecule has 0 amide bonds. The van der Waals surface area contributed by atoms with E-state index < -0.39 is 0 Å². The van der Waals surface area contributed by atoms with E-state index in [1.54, 1.807) is 0 Å². The fraction of sp³-hybridized carbons (Fsp3) is 0.571. The average molecular weight is 143 g/mol. The third-order valence-corrected chi connectivity index (χ3v) is 3.23. The van der Waals surface area contributed by atoms with Crippen molar-refractivity contribution in [3.8, 4) is 0 Å². The molecule has 1 aliphatic heterocycles. The summed E-state index contributed by atoms with van der Waals surface area (Å²) in [4.78, 5) is 4.04. The Morgan fingerprint density at radius 1 is 1.56 bits per heavy atom. The molecule has 0 spiro atoms. The van der Waals surface area contributed by atoms with Crippen LogP contribution in [0.5, 0.6) is 0 Å². The monoisotopic (exact) mass is 143 g/mol. The van der Waals surface area contributed by atoms with Gasteiger partial charge in [-0.1, -0.05) is 13.8 Å². The Balaban J connectivity index is 2.29. The highest BCUT2D eigenvalue weighted by Crippen LogP contribution is 2.29. The minimum atomic E-state index is 0.0432. The van der Waals surface area contributed by atoms with Crippen molar-refractivity contribution in [1.29, 1.82) is 0 Å². The van der Waals surface area contributed by atoms with Crippen LogP contribution in [0.25, 0.3) is 0 Å². The van der Waals surface area contributed by atoms with E-state index >= 15 is 0 Å². The number of thiol groups is 1. The zero-order valence-corrected chi connectivity index (χ0v) is 6.81. The molecule has 0 aromatic heterocycles. The molecular formula is C7H13NS. The molecule has 0 saturated heterocycles. The maximum absolute atomic E-state index is 4.04. The minimum Gasteiger partial charge on any atom is -0.259 e. The highest BCUT2D eigenvalue weighted by Gasteiger charge is 2.01. The van der Waals surface area contributed by atoms with Crippen LogP contribution >= 0.6 is 10.9 Å². The van der Waals surface area contributed by atoms with E-state index in [-0.39, 0.29) is 10.9 Å². The van der Waals surface area contributed by atoms with Gasteiger partial charge in [-0.05, 0) is 17.1 Å². The maximum Gasteiger partial charge on any atom is 0.0436 e. The van der Waals surface area contributed by atoms with Gasteiger partial charge in [0.2, 0.25) is 0 Å². The Hall–Kier alpha value is -0.240. The lowest BCUT2D eigenvalue weighted by Crippen LogP contribution is -1.94. The van der Waals surface area contributed by atoms with Crippen LogP contribution in [0.2, 0.25) is 0 Å². The molecule has 1 rings (SSSR count). The van der Waals surface area contributed by atoms with Crippen molar-refractivity contribution in [3.63, 3.8) is 0 Å². The number of aliphatic imine (C=N–C) groups is 1. The molecular weight excluding hydrogens is 130 g/mol. The van der Waals surface area contributed by atoms with Gasteiger partial charge < -0.3 is 0 Å². The highest BCUT2D eigenvalue weighted by molar-refractivity contribution is 8.31. The summed E-state index contributed by atoms with van der Waals surface area (Å²) in [6.45, 7) is 4.50. The van der Waals surface area contributed by atoms with E-state index in [0.29, 0.717) is 0 Å². The third-order valence-electron chi connectivity index (χ3n) is 1.14. The first-order valence-electron chi connectivity index (χ1n) is 3.25. The molecule has 1 heterocycles. The summed E-state index contributed by atoms with van der Waals surface area (Å²) in [5.74, 6) is 2.11. The van der Waals surface area contributed by atoms with Gasteiger partial charge in [0.15, 0.2) is 0 Å². The molecule has 0 aliphatic carbocycles. The lowest BCUT2D eigenvalue weighted by molar-refractivity contribution is 0.751. The van der Waals surface area contributed by atoms with Crippen LogP contribution in [-0.2, 0) is 0 Å². The summed E-state index contributed by atoms with van der Waals surface area (Å²) in [6.07, 6.45) is 1.91. The second-order valence-corrected chi connectivity index (χ2v) is 4.58. The van der Waals surface area contributed by atoms with E-state index in [2.05, 4.69) is 29.8 Å². The Bertz CT molecular complexity index is 126. The van der Waals surface area contributed by atoms with E-state index in [1.165, 1.54) is 5.75 Å². The SMILES string of the molecule is CC(C)C[SH]1C=CN=C1. The first-order valence-corrected chi connectivity index (χ1v) is 4.91. The number of hydrogen-bond acceptors (Lipinski definition) is 1. The standard InChI is InChI=1S/C7H13NS/c1-7(2)5-9-4-3-8-6-9/h3-4,6-7,9H,5H2,1-2H3. The molecule has 0 bridgehead atoms. The molecule has 0 N–H and O–H groups in total. The van der Waals surface area contributed by atoms with Crippen molar-refractivity contribution in [2.45, 2.75) is 13.8 Å². The molecule has 2 heteroatoms. The summed E-state index contributed by atoms with van der Waals surface area (Å²) in [7, 11) is 0.0432. The van der Waals surface area contributed by atoms with Crippen LogP contribution in [0.3, 0.4) is 0 Å². The Morgan fingerprint density at radius 2 is 2.33 bits per heavy atom. The van der Waals surface area contributed by atoms with Gasteiger partial charge in [0.1, 0.15) is 0 Å². The van der Waals surface area contributed by atoms with E-state index in [1.807, 2.05) is 6.20 Å². The molecule has 0 aromatic rings. The molecule has 0 radical (unpaired) electrons. The second-order valence-electron chi connectivity index (χ2n) is 2.65. The van der Waals surface area contributed by atoms with Gasteiger partial charge >= 0.3 is 0 Å². The maximum atomic E-state index is 4.04. The van der Waals surface area contributed by atoms with Crippen molar-refractivity contribution in [1.82, 2.24) is 0 Å². The first kappa shape index (κ1) is 6.87. The predicted octanol–water partition coefficient (Wildman–Crippen LogP) is 2.16. The molecule has 1 nitrogen and oxygen atoms in total. The minimum absolute atomic E-state index is 0.0432. The normalized spacial score (nSPS) is 28.1. The largest absolute Gasteiger partial charge is 0.259 e. The first-order chi connectivity index (χ1) is 4.29. The van der Waals surface area contributed by atoms with Gasteiger partial charge in [0, 0.05) is 11.7 Å². The third kappa shape index (κ3) is 2.22. The average Bonchev–Trinajstić information content (AvgIpc) is 2.15. The van der Waals surface area contributed by atoms with Crippen LogP contribution in [-0.4, -0.2) is 11.3 Å². The van der Waals surface area contributed by atoms with Gasteiger partial charge in [-0.25, -0.2) is 0 Å². The van der Waals surface area contributed by atoms with Crippen molar-refractivity contribution < 1.29 is 0 Å². The van der Waals surface area contributed by atoms with Gasteiger partial charge in [-0.2, -0.15) is 10.9 Å². The fourth-order valence-corrected chi connectivity index (χ4v) is 2.45. The summed E-state index contributed by atoms with van der Waals surface area (Å²) >= 11 is 0. The number of rotatable bonds is 2. The van der Waals surface area contributed by atoms with Crippen LogP contribution in [0, 0.1) is 5.92 Å². The molecule has 0 aromatic carbocycles. The van der Waals surface area contributed by atoms with E-state index in [9.17, 15) is 0 Å².